The molecule has 1 nitrogen and oxygen atoms in total. The summed E-state index contributed by atoms with van der Waals surface area (Å²) in [5, 5.41) is 0. The molecule has 1 saturated carbocycles. The van der Waals surface area contributed by atoms with E-state index in [0.29, 0.717) is 5.41 Å². The summed E-state index contributed by atoms with van der Waals surface area (Å²) < 4.78 is 0. The normalized spacial score (nSPS) is 26.0. The first-order valence-corrected chi connectivity index (χ1v) is 8.99. The van der Waals surface area contributed by atoms with Crippen LogP contribution in [0.3, 0.4) is 0 Å². The Labute approximate surface area is 131 Å². The Hall–Kier alpha value is -0.820. The summed E-state index contributed by atoms with van der Waals surface area (Å²) >= 11 is 0. The van der Waals surface area contributed by atoms with Gasteiger partial charge in [-0.1, -0.05) is 57.4 Å². The zero-order valence-corrected chi connectivity index (χ0v) is 14.0. The molecule has 0 heterocycles. The van der Waals surface area contributed by atoms with Crippen LogP contribution in [-0.2, 0) is 12.8 Å². The van der Waals surface area contributed by atoms with Crippen LogP contribution in [0.15, 0.2) is 24.3 Å². The summed E-state index contributed by atoms with van der Waals surface area (Å²) in [5.41, 5.74) is 9.47. The summed E-state index contributed by atoms with van der Waals surface area (Å²) in [6.45, 7) is 5.37. The molecule has 2 rings (SSSR count). The van der Waals surface area contributed by atoms with E-state index in [4.69, 9.17) is 5.73 Å². The Bertz CT molecular complexity index is 398. The lowest BCUT2D eigenvalue weighted by atomic mass is 9.66. The average Bonchev–Trinajstić information content (AvgIpc) is 2.55. The molecule has 0 amide bonds. The van der Waals surface area contributed by atoms with Gasteiger partial charge in [0.1, 0.15) is 0 Å². The molecule has 2 N–H and O–H groups in total. The van der Waals surface area contributed by atoms with E-state index in [1.165, 1.54) is 62.5 Å². The van der Waals surface area contributed by atoms with Crippen molar-refractivity contribution in [3.8, 4) is 0 Å². The van der Waals surface area contributed by atoms with Crippen LogP contribution in [0.2, 0.25) is 0 Å². The van der Waals surface area contributed by atoms with Crippen LogP contribution in [0.5, 0.6) is 0 Å². The lowest BCUT2D eigenvalue weighted by molar-refractivity contribution is 0.150. The lowest BCUT2D eigenvalue weighted by Crippen LogP contribution is -2.36. The summed E-state index contributed by atoms with van der Waals surface area (Å²) in [4.78, 5) is 0. The number of rotatable bonds is 7. The molecule has 0 saturated heterocycles. The molecular weight excluding hydrogens is 254 g/mol. The molecule has 0 aromatic heterocycles. The van der Waals surface area contributed by atoms with Gasteiger partial charge in [0.2, 0.25) is 0 Å². The standard InChI is InChI=1S/C20H33N/c1-3-5-6-18-11-13-20(16-21,14-12-18)15-19-9-7-17(4-2)8-10-19/h7-10,18H,3-6,11-16,21H2,1-2H3. The van der Waals surface area contributed by atoms with E-state index in [-0.39, 0.29) is 0 Å². The van der Waals surface area contributed by atoms with Gasteiger partial charge in [-0.05, 0) is 67.5 Å². The second kappa shape index (κ2) is 7.98. The number of benzene rings is 1. The summed E-state index contributed by atoms with van der Waals surface area (Å²) in [5.74, 6) is 0.965. The minimum atomic E-state index is 0.371. The van der Waals surface area contributed by atoms with Crippen molar-refractivity contribution in [2.75, 3.05) is 6.54 Å². The van der Waals surface area contributed by atoms with Gasteiger partial charge in [0.15, 0.2) is 0 Å². The van der Waals surface area contributed by atoms with Gasteiger partial charge in [0, 0.05) is 0 Å². The predicted molar refractivity (Wildman–Crippen MR) is 92.5 cm³/mol. The summed E-state index contributed by atoms with van der Waals surface area (Å²) in [6.07, 6.45) is 11.9. The minimum absolute atomic E-state index is 0.371. The van der Waals surface area contributed by atoms with Crippen molar-refractivity contribution < 1.29 is 0 Å². The monoisotopic (exact) mass is 287 g/mol. The SMILES string of the molecule is CCCCC1CCC(CN)(Cc2ccc(CC)cc2)CC1. The van der Waals surface area contributed by atoms with Crippen molar-refractivity contribution in [1.82, 2.24) is 0 Å². The van der Waals surface area contributed by atoms with Crippen molar-refractivity contribution in [2.45, 2.75) is 71.6 Å². The van der Waals surface area contributed by atoms with E-state index in [0.717, 1.165) is 18.9 Å². The molecule has 1 aromatic rings. The molecule has 21 heavy (non-hydrogen) atoms. The van der Waals surface area contributed by atoms with E-state index >= 15 is 0 Å². The van der Waals surface area contributed by atoms with E-state index in [2.05, 4.69) is 38.1 Å². The van der Waals surface area contributed by atoms with Gasteiger partial charge in [-0.2, -0.15) is 0 Å². The molecule has 0 unspecified atom stereocenters. The Balaban J connectivity index is 1.93. The third kappa shape index (κ3) is 4.57. The first-order chi connectivity index (χ1) is 10.2. The fraction of sp³-hybridized carbons (Fsp3) is 0.700. The Morgan fingerprint density at radius 2 is 1.67 bits per heavy atom. The van der Waals surface area contributed by atoms with Gasteiger partial charge < -0.3 is 5.73 Å². The number of unbranched alkanes of at least 4 members (excludes halogenated alkanes) is 1. The molecule has 0 bridgehead atoms. The molecular formula is C20H33N. The largest absolute Gasteiger partial charge is 0.330 e. The quantitative estimate of drug-likeness (QED) is 0.740. The first kappa shape index (κ1) is 16.5. The van der Waals surface area contributed by atoms with Crippen molar-refractivity contribution in [1.29, 1.82) is 0 Å². The average molecular weight is 287 g/mol. The second-order valence-electron chi connectivity index (χ2n) is 7.14. The number of hydrogen-bond donors (Lipinski definition) is 1. The van der Waals surface area contributed by atoms with Crippen LogP contribution in [-0.4, -0.2) is 6.54 Å². The Kier molecular flexibility index (Phi) is 6.29. The van der Waals surface area contributed by atoms with Gasteiger partial charge in [-0.25, -0.2) is 0 Å². The minimum Gasteiger partial charge on any atom is -0.330 e. The molecule has 1 heteroatoms. The molecule has 1 fully saturated rings. The molecule has 1 aromatic carbocycles. The van der Waals surface area contributed by atoms with E-state index in [9.17, 15) is 0 Å². The van der Waals surface area contributed by atoms with Gasteiger partial charge >= 0.3 is 0 Å². The van der Waals surface area contributed by atoms with E-state index in [1.54, 1.807) is 0 Å². The van der Waals surface area contributed by atoms with Gasteiger partial charge in [-0.3, -0.25) is 0 Å². The predicted octanol–water partition coefficient (Wildman–Crippen LogP) is 5.12. The summed E-state index contributed by atoms with van der Waals surface area (Å²) in [7, 11) is 0. The summed E-state index contributed by atoms with van der Waals surface area (Å²) in [6, 6.07) is 9.21. The van der Waals surface area contributed by atoms with Crippen LogP contribution in [0.4, 0.5) is 0 Å². The van der Waals surface area contributed by atoms with Crippen LogP contribution in [0, 0.1) is 11.3 Å². The van der Waals surface area contributed by atoms with Gasteiger partial charge in [0.25, 0.3) is 0 Å². The number of hydrogen-bond acceptors (Lipinski definition) is 1. The van der Waals surface area contributed by atoms with E-state index in [1.807, 2.05) is 0 Å². The number of nitrogens with two attached hydrogens (primary N) is 1. The lowest BCUT2D eigenvalue weighted by Gasteiger charge is -2.40. The maximum atomic E-state index is 6.19. The molecule has 1 aliphatic carbocycles. The zero-order chi connectivity index (χ0) is 15.1. The zero-order valence-electron chi connectivity index (χ0n) is 14.0. The third-order valence-corrected chi connectivity index (χ3v) is 5.58. The van der Waals surface area contributed by atoms with Crippen molar-refractivity contribution >= 4 is 0 Å². The maximum Gasteiger partial charge on any atom is -0.00173 e. The van der Waals surface area contributed by atoms with Crippen molar-refractivity contribution in [2.24, 2.45) is 17.1 Å². The topological polar surface area (TPSA) is 26.0 Å². The van der Waals surface area contributed by atoms with Crippen LogP contribution in [0.1, 0.15) is 69.9 Å². The van der Waals surface area contributed by atoms with Crippen molar-refractivity contribution in [3.05, 3.63) is 35.4 Å². The molecule has 118 valence electrons. The molecule has 0 aliphatic heterocycles. The van der Waals surface area contributed by atoms with Gasteiger partial charge in [-0.15, -0.1) is 0 Å². The van der Waals surface area contributed by atoms with E-state index < -0.39 is 0 Å². The number of aryl methyl sites for hydroxylation is 1. The van der Waals surface area contributed by atoms with Crippen LogP contribution >= 0.6 is 0 Å². The molecule has 0 spiro atoms. The molecule has 1 aliphatic rings. The van der Waals surface area contributed by atoms with Crippen molar-refractivity contribution in [3.63, 3.8) is 0 Å². The third-order valence-electron chi connectivity index (χ3n) is 5.58. The van der Waals surface area contributed by atoms with Crippen LogP contribution < -0.4 is 5.73 Å². The maximum absolute atomic E-state index is 6.19. The first-order valence-electron chi connectivity index (χ1n) is 8.99. The fourth-order valence-corrected chi connectivity index (χ4v) is 3.85. The van der Waals surface area contributed by atoms with Gasteiger partial charge in [0.05, 0.1) is 0 Å². The molecule has 0 radical (unpaired) electrons. The highest BCUT2D eigenvalue weighted by molar-refractivity contribution is 5.23. The molecule has 0 atom stereocenters. The smallest absolute Gasteiger partial charge is 0.00173 e. The fourth-order valence-electron chi connectivity index (χ4n) is 3.85. The second-order valence-corrected chi connectivity index (χ2v) is 7.14. The highest BCUT2D eigenvalue weighted by Crippen LogP contribution is 2.42. The Morgan fingerprint density at radius 1 is 1.05 bits per heavy atom. The van der Waals surface area contributed by atoms with Crippen LogP contribution in [0.25, 0.3) is 0 Å². The highest BCUT2D eigenvalue weighted by atomic mass is 14.6. The highest BCUT2D eigenvalue weighted by Gasteiger charge is 2.33. The Morgan fingerprint density at radius 3 is 2.19 bits per heavy atom.